The van der Waals surface area contributed by atoms with Gasteiger partial charge in [-0.15, -0.1) is 10.2 Å². The van der Waals surface area contributed by atoms with E-state index in [1.54, 1.807) is 6.92 Å². The van der Waals surface area contributed by atoms with Gasteiger partial charge in [-0.1, -0.05) is 19.1 Å². The van der Waals surface area contributed by atoms with Crippen LogP contribution in [0.4, 0.5) is 0 Å². The van der Waals surface area contributed by atoms with Gasteiger partial charge in [0.2, 0.25) is 5.89 Å². The molecule has 0 amide bonds. The highest BCUT2D eigenvalue weighted by Crippen LogP contribution is 2.32. The van der Waals surface area contributed by atoms with E-state index >= 15 is 0 Å². The molecule has 6 heteroatoms. The summed E-state index contributed by atoms with van der Waals surface area (Å²) >= 11 is 0. The molecule has 0 saturated heterocycles. The molecular weight excluding hydrogens is 270 g/mol. The van der Waals surface area contributed by atoms with E-state index < -0.39 is 0 Å². The van der Waals surface area contributed by atoms with Crippen LogP contribution in [0.1, 0.15) is 31.2 Å². The van der Waals surface area contributed by atoms with Crippen LogP contribution in [0.25, 0.3) is 0 Å². The molecule has 2 aromatic rings. The molecule has 1 aromatic heterocycles. The molecule has 0 radical (unpaired) electrons. The van der Waals surface area contributed by atoms with E-state index in [1.807, 2.05) is 25.1 Å². The number of nitrogens with zero attached hydrogens (tertiary/aromatic N) is 2. The van der Waals surface area contributed by atoms with E-state index in [4.69, 9.17) is 13.9 Å². The zero-order valence-electron chi connectivity index (χ0n) is 12.7. The SMILES string of the molecule is CCNCc1cccc(OCC)c1OCc1nnc(C)o1. The minimum Gasteiger partial charge on any atom is -0.490 e. The number of para-hydroxylation sites is 1. The fraction of sp³-hybridized carbons (Fsp3) is 0.467. The van der Waals surface area contributed by atoms with Crippen LogP contribution in [-0.4, -0.2) is 23.3 Å². The molecule has 6 nitrogen and oxygen atoms in total. The number of rotatable bonds is 8. The van der Waals surface area contributed by atoms with Crippen LogP contribution < -0.4 is 14.8 Å². The molecular formula is C15H21N3O3. The van der Waals surface area contributed by atoms with Crippen molar-refractivity contribution >= 4 is 0 Å². The van der Waals surface area contributed by atoms with Crippen molar-refractivity contribution < 1.29 is 13.9 Å². The maximum absolute atomic E-state index is 5.86. The average molecular weight is 291 g/mol. The Labute approximate surface area is 124 Å². The average Bonchev–Trinajstić information content (AvgIpc) is 2.90. The number of nitrogens with one attached hydrogen (secondary N) is 1. The fourth-order valence-electron chi connectivity index (χ4n) is 1.92. The van der Waals surface area contributed by atoms with E-state index in [0.29, 0.717) is 18.4 Å². The number of aryl methyl sites for hydroxylation is 1. The van der Waals surface area contributed by atoms with Crippen molar-refractivity contribution in [2.24, 2.45) is 0 Å². The molecule has 0 spiro atoms. The molecule has 0 saturated carbocycles. The van der Waals surface area contributed by atoms with Gasteiger partial charge in [0.25, 0.3) is 5.89 Å². The number of aromatic nitrogens is 2. The summed E-state index contributed by atoms with van der Waals surface area (Å²) in [6, 6.07) is 5.87. The second-order valence-electron chi connectivity index (χ2n) is 4.46. The van der Waals surface area contributed by atoms with Gasteiger partial charge in [0, 0.05) is 19.0 Å². The highest BCUT2D eigenvalue weighted by Gasteiger charge is 2.12. The van der Waals surface area contributed by atoms with Gasteiger partial charge < -0.3 is 19.2 Å². The van der Waals surface area contributed by atoms with Crippen molar-refractivity contribution in [2.75, 3.05) is 13.2 Å². The summed E-state index contributed by atoms with van der Waals surface area (Å²) in [5, 5.41) is 11.0. The van der Waals surface area contributed by atoms with E-state index in [-0.39, 0.29) is 6.61 Å². The first kappa shape index (κ1) is 15.3. The van der Waals surface area contributed by atoms with E-state index in [2.05, 4.69) is 22.4 Å². The Morgan fingerprint density at radius 1 is 1.19 bits per heavy atom. The topological polar surface area (TPSA) is 69.4 Å². The third kappa shape index (κ3) is 4.19. The third-order valence-electron chi connectivity index (χ3n) is 2.83. The van der Waals surface area contributed by atoms with Crippen LogP contribution >= 0.6 is 0 Å². The molecule has 0 unspecified atom stereocenters. The molecule has 2 rings (SSSR count). The predicted molar refractivity (Wildman–Crippen MR) is 78.4 cm³/mol. The lowest BCUT2D eigenvalue weighted by Gasteiger charge is -2.15. The maximum Gasteiger partial charge on any atom is 0.253 e. The molecule has 114 valence electrons. The summed E-state index contributed by atoms with van der Waals surface area (Å²) in [7, 11) is 0. The number of ether oxygens (including phenoxy) is 2. The van der Waals surface area contributed by atoms with Crippen LogP contribution in [0.15, 0.2) is 22.6 Å². The Hall–Kier alpha value is -2.08. The molecule has 1 aromatic carbocycles. The molecule has 0 aliphatic rings. The molecule has 0 bridgehead atoms. The smallest absolute Gasteiger partial charge is 0.253 e. The fourth-order valence-corrected chi connectivity index (χ4v) is 1.92. The molecule has 0 atom stereocenters. The predicted octanol–water partition coefficient (Wildman–Crippen LogP) is 2.47. The van der Waals surface area contributed by atoms with Gasteiger partial charge in [-0.2, -0.15) is 0 Å². The summed E-state index contributed by atoms with van der Waals surface area (Å²) in [6.07, 6.45) is 0. The van der Waals surface area contributed by atoms with Gasteiger partial charge in [-0.3, -0.25) is 0 Å². The lowest BCUT2D eigenvalue weighted by Crippen LogP contribution is -2.13. The molecule has 0 aliphatic carbocycles. The molecule has 1 heterocycles. The van der Waals surface area contributed by atoms with Crippen LogP contribution in [0.3, 0.4) is 0 Å². The normalized spacial score (nSPS) is 10.6. The maximum atomic E-state index is 5.86. The van der Waals surface area contributed by atoms with Crippen LogP contribution in [-0.2, 0) is 13.2 Å². The summed E-state index contributed by atoms with van der Waals surface area (Å²) in [5.74, 6) is 2.42. The Morgan fingerprint density at radius 3 is 2.71 bits per heavy atom. The molecule has 21 heavy (non-hydrogen) atoms. The monoisotopic (exact) mass is 291 g/mol. The first-order valence-corrected chi connectivity index (χ1v) is 7.11. The molecule has 1 N–H and O–H groups in total. The van der Waals surface area contributed by atoms with Gasteiger partial charge in [0.05, 0.1) is 6.61 Å². The van der Waals surface area contributed by atoms with E-state index in [9.17, 15) is 0 Å². The number of hydrogen-bond acceptors (Lipinski definition) is 6. The Morgan fingerprint density at radius 2 is 2.05 bits per heavy atom. The van der Waals surface area contributed by atoms with E-state index in [0.717, 1.165) is 30.2 Å². The van der Waals surface area contributed by atoms with Crippen molar-refractivity contribution in [1.29, 1.82) is 0 Å². The molecule has 0 aliphatic heterocycles. The summed E-state index contributed by atoms with van der Waals surface area (Å²) in [6.45, 7) is 8.18. The number of hydrogen-bond donors (Lipinski definition) is 1. The zero-order chi connectivity index (χ0) is 15.1. The van der Waals surface area contributed by atoms with Crippen LogP contribution in [0.5, 0.6) is 11.5 Å². The van der Waals surface area contributed by atoms with Gasteiger partial charge in [-0.25, -0.2) is 0 Å². The van der Waals surface area contributed by atoms with Gasteiger partial charge in [-0.05, 0) is 19.5 Å². The van der Waals surface area contributed by atoms with Crippen LogP contribution in [0.2, 0.25) is 0 Å². The Balaban J connectivity index is 2.16. The van der Waals surface area contributed by atoms with Crippen molar-refractivity contribution in [2.45, 2.75) is 33.9 Å². The van der Waals surface area contributed by atoms with E-state index in [1.165, 1.54) is 0 Å². The van der Waals surface area contributed by atoms with Crippen molar-refractivity contribution in [3.8, 4) is 11.5 Å². The first-order valence-electron chi connectivity index (χ1n) is 7.11. The number of benzene rings is 1. The Bertz CT molecular complexity index is 569. The van der Waals surface area contributed by atoms with Crippen molar-refractivity contribution in [3.05, 3.63) is 35.5 Å². The minimum absolute atomic E-state index is 0.226. The molecule has 0 fully saturated rings. The highest BCUT2D eigenvalue weighted by atomic mass is 16.5. The Kier molecular flexibility index (Phi) is 5.57. The highest BCUT2D eigenvalue weighted by molar-refractivity contribution is 5.46. The summed E-state index contributed by atoms with van der Waals surface area (Å²) < 4.78 is 16.8. The lowest BCUT2D eigenvalue weighted by molar-refractivity contribution is 0.238. The standard InChI is InChI=1S/C15H21N3O3/c1-4-16-9-12-7-6-8-13(19-5-2)15(12)20-10-14-18-17-11(3)21-14/h6-8,16H,4-5,9-10H2,1-3H3. The summed E-state index contributed by atoms with van der Waals surface area (Å²) in [4.78, 5) is 0. The second kappa shape index (κ2) is 7.64. The first-order chi connectivity index (χ1) is 10.2. The van der Waals surface area contributed by atoms with Crippen molar-refractivity contribution in [1.82, 2.24) is 15.5 Å². The third-order valence-corrected chi connectivity index (χ3v) is 2.83. The largest absolute Gasteiger partial charge is 0.490 e. The minimum atomic E-state index is 0.226. The van der Waals surface area contributed by atoms with Crippen molar-refractivity contribution in [3.63, 3.8) is 0 Å². The van der Waals surface area contributed by atoms with Gasteiger partial charge >= 0.3 is 0 Å². The zero-order valence-corrected chi connectivity index (χ0v) is 12.7. The quantitative estimate of drug-likeness (QED) is 0.805. The summed E-state index contributed by atoms with van der Waals surface area (Å²) in [5.41, 5.74) is 1.04. The van der Waals surface area contributed by atoms with Crippen LogP contribution in [0, 0.1) is 6.92 Å². The lowest BCUT2D eigenvalue weighted by atomic mass is 10.2. The second-order valence-corrected chi connectivity index (χ2v) is 4.46. The van der Waals surface area contributed by atoms with Gasteiger partial charge in [0.15, 0.2) is 18.1 Å². The van der Waals surface area contributed by atoms with Gasteiger partial charge in [0.1, 0.15) is 0 Å².